The monoisotopic (exact) mass is 466 g/mol. The fourth-order valence-corrected chi connectivity index (χ4v) is 5.04. The zero-order valence-electron chi connectivity index (χ0n) is 19.7. The maximum atomic E-state index is 13.6. The van der Waals surface area contributed by atoms with Crippen LogP contribution >= 0.6 is 0 Å². The molecule has 1 unspecified atom stereocenters. The van der Waals surface area contributed by atoms with Crippen LogP contribution < -0.4 is 10.5 Å². The summed E-state index contributed by atoms with van der Waals surface area (Å²) in [4.78, 5) is 19.0. The van der Waals surface area contributed by atoms with Crippen molar-refractivity contribution >= 4 is 16.6 Å². The third-order valence-electron chi connectivity index (χ3n) is 6.93. The van der Waals surface area contributed by atoms with Crippen LogP contribution in [0.1, 0.15) is 46.3 Å². The van der Waals surface area contributed by atoms with Crippen molar-refractivity contribution in [2.75, 3.05) is 11.4 Å². The fraction of sp³-hybridized carbons (Fsp3) is 0.259. The van der Waals surface area contributed by atoms with E-state index in [0.29, 0.717) is 17.9 Å². The van der Waals surface area contributed by atoms with Crippen molar-refractivity contribution in [3.05, 3.63) is 105 Å². The molecular weight excluding hydrogens is 440 g/mol. The van der Waals surface area contributed by atoms with Gasteiger partial charge in [0.2, 0.25) is 0 Å². The van der Waals surface area contributed by atoms with Crippen LogP contribution in [0.25, 0.3) is 10.9 Å². The second-order valence-corrected chi connectivity index (χ2v) is 9.18. The molecule has 5 aromatic rings. The zero-order valence-corrected chi connectivity index (χ0v) is 19.7. The Balaban J connectivity index is 1.56. The number of aromatic nitrogens is 5. The lowest BCUT2D eigenvalue weighted by Gasteiger charge is -2.37. The van der Waals surface area contributed by atoms with E-state index in [1.807, 2.05) is 30.3 Å². The van der Waals surface area contributed by atoms with Gasteiger partial charge in [-0.1, -0.05) is 18.2 Å². The van der Waals surface area contributed by atoms with Crippen LogP contribution in [0, 0.1) is 13.8 Å². The van der Waals surface area contributed by atoms with Gasteiger partial charge in [-0.3, -0.25) is 4.79 Å². The normalized spacial score (nSPS) is 14.3. The van der Waals surface area contributed by atoms with Gasteiger partial charge in [0, 0.05) is 23.3 Å². The van der Waals surface area contributed by atoms with Crippen LogP contribution in [-0.4, -0.2) is 31.7 Å². The van der Waals surface area contributed by atoms with E-state index >= 15 is 0 Å². The number of nitrogens with one attached hydrogen (secondary N) is 1. The smallest absolute Gasteiger partial charge is 0.254 e. The summed E-state index contributed by atoms with van der Waals surface area (Å²) in [6.45, 7) is 5.31. The number of fused-ring (bicyclic) bond motifs is 2. The summed E-state index contributed by atoms with van der Waals surface area (Å²) in [5.41, 5.74) is 6.00. The first-order valence-corrected chi connectivity index (χ1v) is 11.9. The van der Waals surface area contributed by atoms with Gasteiger partial charge >= 0.3 is 0 Å². The lowest BCUT2D eigenvalue weighted by Crippen LogP contribution is -2.38. The van der Waals surface area contributed by atoms with Crippen molar-refractivity contribution in [3.8, 4) is 0 Å². The Labute approximate surface area is 202 Å². The highest BCUT2D eigenvalue weighted by Gasteiger charge is 2.33. The minimum atomic E-state index is -0.462. The molecule has 0 radical (unpaired) electrons. The molecule has 4 heterocycles. The number of aromatic amines is 1. The number of hydrogen-bond acceptors (Lipinski definition) is 6. The molecule has 0 saturated heterocycles. The zero-order chi connectivity index (χ0) is 23.9. The van der Waals surface area contributed by atoms with E-state index in [1.54, 1.807) is 10.9 Å². The van der Waals surface area contributed by atoms with Crippen molar-refractivity contribution in [3.63, 3.8) is 0 Å². The molecule has 1 aliphatic heterocycles. The van der Waals surface area contributed by atoms with E-state index in [-0.39, 0.29) is 5.56 Å². The number of hydrogen-bond donors (Lipinski definition) is 1. The molecule has 1 atom stereocenters. The predicted octanol–water partition coefficient (Wildman–Crippen LogP) is 4.31. The average molecular weight is 467 g/mol. The summed E-state index contributed by atoms with van der Waals surface area (Å²) in [5.74, 6) is 1.35. The van der Waals surface area contributed by atoms with Crippen LogP contribution in [0.2, 0.25) is 0 Å². The van der Waals surface area contributed by atoms with Gasteiger partial charge in [0.05, 0.1) is 6.26 Å². The topological polar surface area (TPSA) is 92.8 Å². The number of pyridine rings is 1. The Morgan fingerprint density at radius 3 is 2.80 bits per heavy atom. The molecule has 0 aliphatic carbocycles. The Morgan fingerprint density at radius 2 is 1.94 bits per heavy atom. The second kappa shape index (κ2) is 8.54. The summed E-state index contributed by atoms with van der Waals surface area (Å²) in [5, 5.41) is 13.7. The molecule has 3 aromatic heterocycles. The lowest BCUT2D eigenvalue weighted by molar-refractivity contribution is 0.461. The minimum Gasteiger partial charge on any atom is -0.467 e. The molecule has 0 amide bonds. The molecule has 0 fully saturated rings. The van der Waals surface area contributed by atoms with Crippen LogP contribution in [0.15, 0.2) is 70.1 Å². The number of para-hydroxylation sites is 1. The average Bonchev–Trinajstić information content (AvgIpc) is 3.54. The standard InChI is InChI=1S/C27H26N6O2/c1-17-13-20-15-22(27(34)28-23(20)14-18(17)2)25(32-11-5-8-19-7-3-4-10-24(19)32)26-29-30-31-33(26)16-21-9-6-12-35-21/h3-4,6-7,9-10,12-15,25H,5,8,11,16H2,1-2H3,(H,28,34). The summed E-state index contributed by atoms with van der Waals surface area (Å²) in [7, 11) is 0. The number of H-pyrrole nitrogens is 1. The second-order valence-electron chi connectivity index (χ2n) is 9.18. The Kier molecular flexibility index (Phi) is 5.21. The van der Waals surface area contributed by atoms with E-state index in [0.717, 1.165) is 47.3 Å². The number of aryl methyl sites for hydroxylation is 3. The number of nitrogens with zero attached hydrogens (tertiary/aromatic N) is 5. The van der Waals surface area contributed by atoms with E-state index < -0.39 is 6.04 Å². The number of benzene rings is 2. The molecule has 0 spiro atoms. The van der Waals surface area contributed by atoms with Crippen LogP contribution in [0.4, 0.5) is 5.69 Å². The molecule has 1 aliphatic rings. The largest absolute Gasteiger partial charge is 0.467 e. The summed E-state index contributed by atoms with van der Waals surface area (Å²) in [6.07, 6.45) is 3.62. The van der Waals surface area contributed by atoms with Crippen LogP contribution in [-0.2, 0) is 13.0 Å². The van der Waals surface area contributed by atoms with E-state index in [1.165, 1.54) is 11.1 Å². The third-order valence-corrected chi connectivity index (χ3v) is 6.93. The number of anilines is 1. The summed E-state index contributed by atoms with van der Waals surface area (Å²) >= 11 is 0. The number of furan rings is 1. The van der Waals surface area contributed by atoms with Gasteiger partial charge in [0.25, 0.3) is 5.56 Å². The van der Waals surface area contributed by atoms with Gasteiger partial charge in [-0.2, -0.15) is 0 Å². The Morgan fingerprint density at radius 1 is 1.09 bits per heavy atom. The maximum absolute atomic E-state index is 13.6. The first-order valence-electron chi connectivity index (χ1n) is 11.9. The number of tetrazole rings is 1. The summed E-state index contributed by atoms with van der Waals surface area (Å²) in [6, 6.07) is 17.8. The predicted molar refractivity (Wildman–Crippen MR) is 134 cm³/mol. The molecule has 8 nitrogen and oxygen atoms in total. The van der Waals surface area contributed by atoms with Crippen LogP contribution in [0.3, 0.4) is 0 Å². The van der Waals surface area contributed by atoms with Crippen molar-refractivity contribution in [2.24, 2.45) is 0 Å². The molecular formula is C27H26N6O2. The molecule has 8 heteroatoms. The van der Waals surface area contributed by atoms with Gasteiger partial charge in [0.15, 0.2) is 5.82 Å². The van der Waals surface area contributed by atoms with Crippen molar-refractivity contribution in [1.82, 2.24) is 25.2 Å². The van der Waals surface area contributed by atoms with E-state index in [9.17, 15) is 4.79 Å². The molecule has 6 rings (SSSR count). The lowest BCUT2D eigenvalue weighted by atomic mass is 9.96. The third kappa shape index (κ3) is 3.80. The van der Waals surface area contributed by atoms with Gasteiger partial charge in [-0.25, -0.2) is 4.68 Å². The van der Waals surface area contributed by atoms with Crippen molar-refractivity contribution in [1.29, 1.82) is 0 Å². The number of rotatable bonds is 5. The molecule has 2 aromatic carbocycles. The van der Waals surface area contributed by atoms with Gasteiger partial charge in [-0.15, -0.1) is 5.10 Å². The molecule has 176 valence electrons. The van der Waals surface area contributed by atoms with E-state index in [2.05, 4.69) is 63.5 Å². The van der Waals surface area contributed by atoms with Crippen molar-refractivity contribution in [2.45, 2.75) is 39.3 Å². The first-order chi connectivity index (χ1) is 17.1. The highest BCUT2D eigenvalue weighted by molar-refractivity contribution is 5.81. The summed E-state index contributed by atoms with van der Waals surface area (Å²) < 4.78 is 7.28. The molecule has 0 bridgehead atoms. The Hall–Kier alpha value is -4.20. The Bertz CT molecular complexity index is 1570. The maximum Gasteiger partial charge on any atom is 0.254 e. The highest BCUT2D eigenvalue weighted by Crippen LogP contribution is 2.36. The fourth-order valence-electron chi connectivity index (χ4n) is 5.04. The van der Waals surface area contributed by atoms with Gasteiger partial charge in [-0.05, 0) is 95.6 Å². The molecule has 35 heavy (non-hydrogen) atoms. The van der Waals surface area contributed by atoms with Gasteiger partial charge < -0.3 is 14.3 Å². The van der Waals surface area contributed by atoms with E-state index in [4.69, 9.17) is 4.42 Å². The quantitative estimate of drug-likeness (QED) is 0.415. The SMILES string of the molecule is Cc1cc2cc(C(c3nnnn3Cc3ccco3)N3CCCc4ccccc43)c(=O)[nH]c2cc1C. The molecule has 0 saturated carbocycles. The van der Waals surface area contributed by atoms with Gasteiger partial charge in [0.1, 0.15) is 18.3 Å². The van der Waals surface area contributed by atoms with Crippen molar-refractivity contribution < 1.29 is 4.42 Å². The van der Waals surface area contributed by atoms with Crippen LogP contribution in [0.5, 0.6) is 0 Å². The molecule has 1 N–H and O–H groups in total. The first kappa shape index (κ1) is 21.3. The highest BCUT2D eigenvalue weighted by atomic mass is 16.3. The minimum absolute atomic E-state index is 0.138.